The van der Waals surface area contributed by atoms with Crippen LogP contribution in [0.1, 0.15) is 40.9 Å². The van der Waals surface area contributed by atoms with Gasteiger partial charge in [-0.05, 0) is 49.9 Å². The Hall–Kier alpha value is -3.39. The standard InChI is InChI=1S/C24H28N4O4/c1-5-32-24(29)19-12-27-28(17-8-9-31-13-17)22(19)18-7-6-16(10-20(18)25)21-14(2)11-26-23(30-4)15(21)3/h6-7,10-12,17H,5,8-9,13,25H2,1-4H3/t17-/m0/s1. The predicted molar refractivity (Wildman–Crippen MR) is 122 cm³/mol. The fourth-order valence-corrected chi connectivity index (χ4v) is 4.28. The Bertz CT molecular complexity index is 1150. The van der Waals surface area contributed by atoms with Crippen molar-refractivity contribution < 1.29 is 19.0 Å². The lowest BCUT2D eigenvalue weighted by atomic mass is 9.94. The minimum Gasteiger partial charge on any atom is -0.481 e. The van der Waals surface area contributed by atoms with Gasteiger partial charge in [-0.25, -0.2) is 9.78 Å². The van der Waals surface area contributed by atoms with Gasteiger partial charge in [-0.15, -0.1) is 0 Å². The molecule has 1 aliphatic heterocycles. The first kappa shape index (κ1) is 21.8. The molecule has 0 spiro atoms. The lowest BCUT2D eigenvalue weighted by Gasteiger charge is -2.18. The SMILES string of the molecule is CCOC(=O)c1cnn([C@H]2CCOC2)c1-c1ccc(-c2c(C)cnc(OC)c2C)cc1N. The highest BCUT2D eigenvalue weighted by atomic mass is 16.5. The molecule has 1 aromatic carbocycles. The summed E-state index contributed by atoms with van der Waals surface area (Å²) in [5.74, 6) is 0.166. The molecule has 1 aliphatic rings. The van der Waals surface area contributed by atoms with Gasteiger partial charge in [0.25, 0.3) is 0 Å². The first-order valence-corrected chi connectivity index (χ1v) is 10.7. The second-order valence-electron chi connectivity index (χ2n) is 7.84. The van der Waals surface area contributed by atoms with Crippen molar-refractivity contribution in [2.45, 2.75) is 33.2 Å². The first-order valence-electron chi connectivity index (χ1n) is 10.7. The number of ether oxygens (including phenoxy) is 3. The van der Waals surface area contributed by atoms with Crippen molar-refractivity contribution >= 4 is 11.7 Å². The normalized spacial score (nSPS) is 15.7. The van der Waals surface area contributed by atoms with Gasteiger partial charge in [-0.3, -0.25) is 4.68 Å². The van der Waals surface area contributed by atoms with Crippen LogP contribution < -0.4 is 10.5 Å². The molecular weight excluding hydrogens is 408 g/mol. The number of aromatic nitrogens is 3. The molecule has 0 unspecified atom stereocenters. The Morgan fingerprint density at radius 3 is 2.78 bits per heavy atom. The van der Waals surface area contributed by atoms with Gasteiger partial charge in [0.2, 0.25) is 5.88 Å². The molecule has 32 heavy (non-hydrogen) atoms. The number of nitrogens with zero attached hydrogens (tertiary/aromatic N) is 3. The molecule has 0 aliphatic carbocycles. The van der Waals surface area contributed by atoms with Crippen LogP contribution in [0.25, 0.3) is 22.4 Å². The number of nitrogen functional groups attached to an aromatic ring is 1. The van der Waals surface area contributed by atoms with Crippen LogP contribution in [0.4, 0.5) is 5.69 Å². The second-order valence-corrected chi connectivity index (χ2v) is 7.84. The van der Waals surface area contributed by atoms with E-state index in [4.69, 9.17) is 19.9 Å². The number of rotatable bonds is 6. The van der Waals surface area contributed by atoms with E-state index in [-0.39, 0.29) is 12.6 Å². The Balaban J connectivity index is 1.84. The monoisotopic (exact) mass is 436 g/mol. The number of anilines is 1. The van der Waals surface area contributed by atoms with Crippen LogP contribution in [0.2, 0.25) is 0 Å². The number of esters is 1. The molecule has 168 valence electrons. The Labute approximate surface area is 187 Å². The largest absolute Gasteiger partial charge is 0.481 e. The van der Waals surface area contributed by atoms with Gasteiger partial charge in [-0.2, -0.15) is 5.10 Å². The van der Waals surface area contributed by atoms with E-state index in [0.29, 0.717) is 36.0 Å². The Morgan fingerprint density at radius 1 is 1.31 bits per heavy atom. The summed E-state index contributed by atoms with van der Waals surface area (Å²) >= 11 is 0. The predicted octanol–water partition coefficient (Wildman–Crippen LogP) is 3.96. The molecule has 8 nitrogen and oxygen atoms in total. The van der Waals surface area contributed by atoms with Crippen LogP contribution in [-0.2, 0) is 9.47 Å². The van der Waals surface area contributed by atoms with E-state index in [2.05, 4.69) is 10.1 Å². The van der Waals surface area contributed by atoms with Gasteiger partial charge in [-0.1, -0.05) is 12.1 Å². The van der Waals surface area contributed by atoms with Crippen molar-refractivity contribution in [2.24, 2.45) is 0 Å². The van der Waals surface area contributed by atoms with Crippen LogP contribution in [-0.4, -0.2) is 47.7 Å². The molecule has 3 heterocycles. The minimum absolute atomic E-state index is 0.0428. The zero-order chi connectivity index (χ0) is 22.8. The fourth-order valence-electron chi connectivity index (χ4n) is 4.28. The Morgan fingerprint density at radius 2 is 2.12 bits per heavy atom. The van der Waals surface area contributed by atoms with Gasteiger partial charge < -0.3 is 19.9 Å². The average molecular weight is 437 g/mol. The van der Waals surface area contributed by atoms with Gasteiger partial charge in [0.1, 0.15) is 5.56 Å². The van der Waals surface area contributed by atoms with E-state index in [9.17, 15) is 4.79 Å². The molecule has 1 atom stereocenters. The quantitative estimate of drug-likeness (QED) is 0.461. The van der Waals surface area contributed by atoms with Crippen molar-refractivity contribution in [2.75, 3.05) is 32.7 Å². The van der Waals surface area contributed by atoms with E-state index >= 15 is 0 Å². The fraction of sp³-hybridized carbons (Fsp3) is 0.375. The highest BCUT2D eigenvalue weighted by Crippen LogP contribution is 2.38. The maximum atomic E-state index is 12.7. The van der Waals surface area contributed by atoms with E-state index in [0.717, 1.165) is 34.2 Å². The molecule has 1 saturated heterocycles. The number of hydrogen-bond acceptors (Lipinski definition) is 7. The summed E-state index contributed by atoms with van der Waals surface area (Å²) in [6.07, 6.45) is 4.17. The summed E-state index contributed by atoms with van der Waals surface area (Å²) in [4.78, 5) is 17.0. The molecular formula is C24H28N4O4. The van der Waals surface area contributed by atoms with Gasteiger partial charge >= 0.3 is 5.97 Å². The summed E-state index contributed by atoms with van der Waals surface area (Å²) < 4.78 is 18.1. The average Bonchev–Trinajstić information content (AvgIpc) is 3.44. The van der Waals surface area contributed by atoms with Crippen LogP contribution in [0.5, 0.6) is 5.88 Å². The van der Waals surface area contributed by atoms with E-state index in [1.54, 1.807) is 26.4 Å². The zero-order valence-electron chi connectivity index (χ0n) is 18.8. The van der Waals surface area contributed by atoms with Crippen molar-refractivity contribution in [3.8, 4) is 28.3 Å². The van der Waals surface area contributed by atoms with Gasteiger partial charge in [0.05, 0.1) is 38.3 Å². The molecule has 3 aromatic rings. The van der Waals surface area contributed by atoms with Gasteiger partial charge in [0, 0.05) is 29.6 Å². The Kier molecular flexibility index (Phi) is 6.14. The van der Waals surface area contributed by atoms with Crippen LogP contribution in [0, 0.1) is 13.8 Å². The lowest BCUT2D eigenvalue weighted by Crippen LogP contribution is -2.14. The number of benzene rings is 1. The highest BCUT2D eigenvalue weighted by molar-refractivity contribution is 5.98. The van der Waals surface area contributed by atoms with E-state index in [1.807, 2.05) is 36.7 Å². The van der Waals surface area contributed by atoms with Crippen molar-refractivity contribution in [3.05, 3.63) is 47.3 Å². The second kappa shape index (κ2) is 9.00. The molecule has 0 bridgehead atoms. The molecule has 2 aromatic heterocycles. The maximum Gasteiger partial charge on any atom is 0.341 e. The number of aryl methyl sites for hydroxylation is 1. The number of pyridine rings is 1. The van der Waals surface area contributed by atoms with Crippen LogP contribution in [0.15, 0.2) is 30.6 Å². The third-order valence-electron chi connectivity index (χ3n) is 5.80. The summed E-state index contributed by atoms with van der Waals surface area (Å²) in [5.41, 5.74) is 12.8. The molecule has 0 saturated carbocycles. The third kappa shape index (κ3) is 3.82. The van der Waals surface area contributed by atoms with E-state index < -0.39 is 5.97 Å². The van der Waals surface area contributed by atoms with Crippen LogP contribution in [0.3, 0.4) is 0 Å². The molecule has 4 rings (SSSR count). The molecule has 0 amide bonds. The highest BCUT2D eigenvalue weighted by Gasteiger charge is 2.28. The summed E-state index contributed by atoms with van der Waals surface area (Å²) in [5, 5.41) is 4.51. The number of carbonyl (C=O) groups is 1. The molecule has 2 N–H and O–H groups in total. The van der Waals surface area contributed by atoms with Crippen molar-refractivity contribution in [1.82, 2.24) is 14.8 Å². The van der Waals surface area contributed by atoms with E-state index in [1.165, 1.54) is 0 Å². The zero-order valence-corrected chi connectivity index (χ0v) is 18.8. The molecule has 0 radical (unpaired) electrons. The van der Waals surface area contributed by atoms with Gasteiger partial charge in [0.15, 0.2) is 0 Å². The van der Waals surface area contributed by atoms with Crippen molar-refractivity contribution in [1.29, 1.82) is 0 Å². The summed E-state index contributed by atoms with van der Waals surface area (Å²) in [6.45, 7) is 7.26. The molecule has 8 heteroatoms. The smallest absolute Gasteiger partial charge is 0.341 e. The summed E-state index contributed by atoms with van der Waals surface area (Å²) in [6, 6.07) is 5.89. The minimum atomic E-state index is -0.415. The number of methoxy groups -OCH3 is 1. The number of hydrogen-bond donors (Lipinski definition) is 1. The van der Waals surface area contributed by atoms with Crippen LogP contribution >= 0.6 is 0 Å². The number of carbonyl (C=O) groups excluding carboxylic acids is 1. The molecule has 1 fully saturated rings. The number of nitrogens with two attached hydrogens (primary N) is 1. The topological polar surface area (TPSA) is 101 Å². The third-order valence-corrected chi connectivity index (χ3v) is 5.80. The summed E-state index contributed by atoms with van der Waals surface area (Å²) in [7, 11) is 1.61. The van der Waals surface area contributed by atoms with Crippen molar-refractivity contribution in [3.63, 3.8) is 0 Å². The first-order chi connectivity index (χ1) is 15.5. The maximum absolute atomic E-state index is 12.7. The lowest BCUT2D eigenvalue weighted by molar-refractivity contribution is 0.0527.